The zero-order chi connectivity index (χ0) is 15.8. The number of benzene rings is 1. The molecule has 1 aromatic carbocycles. The Labute approximate surface area is 121 Å². The highest BCUT2D eigenvalue weighted by atomic mass is 16.5. The number of carbonyl (C=O) groups is 1. The van der Waals surface area contributed by atoms with Crippen molar-refractivity contribution < 1.29 is 24.1 Å². The van der Waals surface area contributed by atoms with Gasteiger partial charge in [-0.05, 0) is 30.2 Å². The van der Waals surface area contributed by atoms with Crippen LogP contribution in [0.5, 0.6) is 11.5 Å². The van der Waals surface area contributed by atoms with E-state index in [9.17, 15) is 9.90 Å². The zero-order valence-corrected chi connectivity index (χ0v) is 12.0. The van der Waals surface area contributed by atoms with Gasteiger partial charge in [0.05, 0.1) is 26.9 Å². The maximum Gasteiger partial charge on any atom is 0.317 e. The first-order valence-electron chi connectivity index (χ1n) is 6.19. The van der Waals surface area contributed by atoms with E-state index in [4.69, 9.17) is 19.7 Å². The molecule has 0 radical (unpaired) electrons. The summed E-state index contributed by atoms with van der Waals surface area (Å²) in [5.41, 5.74) is 8.87. The minimum Gasteiger partial charge on any atom is -0.493 e. The number of ether oxygens (including phenoxy) is 3. The molecule has 8 nitrogen and oxygen atoms in total. The van der Waals surface area contributed by atoms with Crippen LogP contribution < -0.4 is 9.47 Å². The smallest absolute Gasteiger partial charge is 0.317 e. The molecule has 0 aliphatic heterocycles. The molecule has 1 aromatic rings. The number of hydrogen-bond donors (Lipinski definition) is 1. The van der Waals surface area contributed by atoms with E-state index in [1.165, 1.54) is 20.3 Å². The van der Waals surface area contributed by atoms with E-state index in [0.717, 1.165) is 0 Å². The van der Waals surface area contributed by atoms with Gasteiger partial charge in [-0.3, -0.25) is 4.79 Å². The van der Waals surface area contributed by atoms with Gasteiger partial charge in [0.2, 0.25) is 0 Å². The summed E-state index contributed by atoms with van der Waals surface area (Å²) in [6, 6.07) is 3.26. The van der Waals surface area contributed by atoms with Crippen LogP contribution in [0.3, 0.4) is 0 Å². The summed E-state index contributed by atoms with van der Waals surface area (Å²) in [6.45, 7) is 1.74. The summed E-state index contributed by atoms with van der Waals surface area (Å²) >= 11 is 0. The van der Waals surface area contributed by atoms with Crippen molar-refractivity contribution >= 4 is 5.97 Å². The number of nitrogens with zero attached hydrogens (tertiary/aromatic N) is 3. The third kappa shape index (κ3) is 4.01. The van der Waals surface area contributed by atoms with Gasteiger partial charge in [0, 0.05) is 4.91 Å². The molecule has 0 aliphatic carbocycles. The van der Waals surface area contributed by atoms with Crippen LogP contribution in [-0.4, -0.2) is 37.9 Å². The molecule has 0 saturated carbocycles. The van der Waals surface area contributed by atoms with Gasteiger partial charge in [-0.1, -0.05) is 11.2 Å². The zero-order valence-electron chi connectivity index (χ0n) is 12.0. The molecule has 0 aromatic heterocycles. The number of hydrogen-bond acceptors (Lipinski definition) is 6. The molecule has 2 atom stereocenters. The van der Waals surface area contributed by atoms with Gasteiger partial charge in [0.25, 0.3) is 0 Å². The van der Waals surface area contributed by atoms with Crippen molar-refractivity contribution in [2.45, 2.75) is 19.1 Å². The SMILES string of the molecule is CCOC(=O)C(N=[N+]=[N-])C(O)c1ccc(OC)c(OC)c1. The van der Waals surface area contributed by atoms with E-state index in [0.29, 0.717) is 17.1 Å². The van der Waals surface area contributed by atoms with Crippen LogP contribution in [-0.2, 0) is 9.53 Å². The van der Waals surface area contributed by atoms with Crippen molar-refractivity contribution in [3.8, 4) is 11.5 Å². The molecule has 0 amide bonds. The topological polar surface area (TPSA) is 114 Å². The lowest BCUT2D eigenvalue weighted by Crippen LogP contribution is -2.28. The van der Waals surface area contributed by atoms with Crippen LogP contribution in [0.15, 0.2) is 23.3 Å². The largest absolute Gasteiger partial charge is 0.493 e. The van der Waals surface area contributed by atoms with Gasteiger partial charge >= 0.3 is 5.97 Å². The molecule has 0 spiro atoms. The predicted octanol–water partition coefficient (Wildman–Crippen LogP) is 1.98. The van der Waals surface area contributed by atoms with E-state index in [1.54, 1.807) is 19.1 Å². The van der Waals surface area contributed by atoms with E-state index in [1.807, 2.05) is 0 Å². The normalized spacial score (nSPS) is 12.8. The fraction of sp³-hybridized carbons (Fsp3) is 0.462. The van der Waals surface area contributed by atoms with Crippen LogP contribution in [0.1, 0.15) is 18.6 Å². The summed E-state index contributed by atoms with van der Waals surface area (Å²) < 4.78 is 15.0. The monoisotopic (exact) mass is 295 g/mol. The molecule has 1 N–H and O–H groups in total. The summed E-state index contributed by atoms with van der Waals surface area (Å²) in [7, 11) is 2.93. The predicted molar refractivity (Wildman–Crippen MR) is 74.1 cm³/mol. The second kappa shape index (κ2) is 7.98. The maximum atomic E-state index is 11.7. The first-order chi connectivity index (χ1) is 10.1. The minimum absolute atomic E-state index is 0.120. The lowest BCUT2D eigenvalue weighted by atomic mass is 10.0. The van der Waals surface area contributed by atoms with Crippen LogP contribution in [0.25, 0.3) is 10.4 Å². The number of rotatable bonds is 7. The molecule has 0 heterocycles. The van der Waals surface area contributed by atoms with Crippen molar-refractivity contribution in [3.63, 3.8) is 0 Å². The first kappa shape index (κ1) is 16.6. The molecule has 0 aliphatic rings. The number of azide groups is 1. The minimum atomic E-state index is -1.37. The standard InChI is InChI=1S/C13H17N3O5/c1-4-21-13(18)11(15-16-14)12(17)8-5-6-9(19-2)10(7-8)20-3/h5-7,11-12,17H,4H2,1-3H3. The molecular weight excluding hydrogens is 278 g/mol. The molecule has 114 valence electrons. The third-order valence-corrected chi connectivity index (χ3v) is 2.75. The highest BCUT2D eigenvalue weighted by Crippen LogP contribution is 2.31. The Bertz CT molecular complexity index is 543. The molecule has 21 heavy (non-hydrogen) atoms. The van der Waals surface area contributed by atoms with Crippen LogP contribution in [0.2, 0.25) is 0 Å². The summed E-state index contributed by atoms with van der Waals surface area (Å²) in [5.74, 6) is 0.0695. The third-order valence-electron chi connectivity index (χ3n) is 2.75. The molecular formula is C13H17N3O5. The van der Waals surface area contributed by atoms with Crippen molar-refractivity contribution in [1.29, 1.82) is 0 Å². The van der Waals surface area contributed by atoms with Gasteiger partial charge in [-0.2, -0.15) is 0 Å². The summed E-state index contributed by atoms with van der Waals surface area (Å²) in [5, 5.41) is 13.5. The lowest BCUT2D eigenvalue weighted by molar-refractivity contribution is -0.147. The Morgan fingerprint density at radius 2 is 2.05 bits per heavy atom. The Kier molecular flexibility index (Phi) is 6.32. The fourth-order valence-electron chi connectivity index (χ4n) is 1.74. The molecule has 2 unspecified atom stereocenters. The molecule has 0 bridgehead atoms. The second-order valence-electron chi connectivity index (χ2n) is 3.96. The van der Waals surface area contributed by atoms with E-state index < -0.39 is 18.1 Å². The van der Waals surface area contributed by atoms with E-state index in [-0.39, 0.29) is 6.61 Å². The van der Waals surface area contributed by atoms with Gasteiger partial charge < -0.3 is 19.3 Å². The molecule has 1 rings (SSSR count). The molecule has 8 heteroatoms. The van der Waals surface area contributed by atoms with Crippen LogP contribution in [0, 0.1) is 0 Å². The van der Waals surface area contributed by atoms with Gasteiger partial charge in [0.15, 0.2) is 17.5 Å². The Balaban J connectivity index is 3.11. The maximum absolute atomic E-state index is 11.7. The highest BCUT2D eigenvalue weighted by Gasteiger charge is 2.29. The van der Waals surface area contributed by atoms with Gasteiger partial charge in [0.1, 0.15) is 0 Å². The van der Waals surface area contributed by atoms with Crippen molar-refractivity contribution in [2.24, 2.45) is 5.11 Å². The Hall–Kier alpha value is -2.44. The van der Waals surface area contributed by atoms with Crippen LogP contribution in [0.4, 0.5) is 0 Å². The van der Waals surface area contributed by atoms with Crippen molar-refractivity contribution in [1.82, 2.24) is 0 Å². The summed E-state index contributed by atoms with van der Waals surface area (Å²) in [4.78, 5) is 14.3. The molecule has 0 fully saturated rings. The Morgan fingerprint density at radius 1 is 1.38 bits per heavy atom. The highest BCUT2D eigenvalue weighted by molar-refractivity contribution is 5.77. The number of carbonyl (C=O) groups excluding carboxylic acids is 1. The van der Waals surface area contributed by atoms with E-state index in [2.05, 4.69) is 10.0 Å². The number of methoxy groups -OCH3 is 2. The lowest BCUT2D eigenvalue weighted by Gasteiger charge is -2.18. The first-order valence-corrected chi connectivity index (χ1v) is 6.19. The fourth-order valence-corrected chi connectivity index (χ4v) is 1.74. The number of aliphatic hydroxyl groups excluding tert-OH is 1. The van der Waals surface area contributed by atoms with Gasteiger partial charge in [-0.15, -0.1) is 0 Å². The Morgan fingerprint density at radius 3 is 2.57 bits per heavy atom. The van der Waals surface area contributed by atoms with Crippen molar-refractivity contribution in [2.75, 3.05) is 20.8 Å². The quantitative estimate of drug-likeness (QED) is 0.357. The average molecular weight is 295 g/mol. The summed E-state index contributed by atoms with van der Waals surface area (Å²) in [6.07, 6.45) is -1.35. The molecule has 0 saturated heterocycles. The van der Waals surface area contributed by atoms with Crippen molar-refractivity contribution in [3.05, 3.63) is 34.2 Å². The average Bonchev–Trinajstić information content (AvgIpc) is 2.51. The number of esters is 1. The van der Waals surface area contributed by atoms with E-state index >= 15 is 0 Å². The van der Waals surface area contributed by atoms with Crippen LogP contribution >= 0.6 is 0 Å². The number of aliphatic hydroxyl groups is 1. The second-order valence-corrected chi connectivity index (χ2v) is 3.96. The van der Waals surface area contributed by atoms with Gasteiger partial charge in [-0.25, -0.2) is 0 Å².